The molecule has 5 nitrogen and oxygen atoms in total. The molecule has 24 heavy (non-hydrogen) atoms. The lowest BCUT2D eigenvalue weighted by atomic mass is 10.1. The molecule has 0 saturated heterocycles. The highest BCUT2D eigenvalue weighted by Gasteiger charge is 2.32. The summed E-state index contributed by atoms with van der Waals surface area (Å²) in [5, 5.41) is 22.6. The van der Waals surface area contributed by atoms with Crippen LogP contribution < -0.4 is 5.32 Å². The van der Waals surface area contributed by atoms with Crippen LogP contribution in [0.4, 0.5) is 0 Å². The first kappa shape index (κ1) is 16.3. The van der Waals surface area contributed by atoms with E-state index in [0.717, 1.165) is 11.1 Å². The molecule has 1 amide bonds. The van der Waals surface area contributed by atoms with Gasteiger partial charge >= 0.3 is 0 Å². The molecule has 0 spiro atoms. The summed E-state index contributed by atoms with van der Waals surface area (Å²) in [5.74, 6) is 5.31. The van der Waals surface area contributed by atoms with E-state index in [1.54, 1.807) is 19.9 Å². The van der Waals surface area contributed by atoms with Gasteiger partial charge in [-0.3, -0.25) is 4.79 Å². The smallest absolute Gasteiger partial charge is 0.287 e. The van der Waals surface area contributed by atoms with Gasteiger partial charge in [-0.25, -0.2) is 0 Å². The number of nitrogens with one attached hydrogen (secondary N) is 1. The molecule has 0 aliphatic heterocycles. The molecule has 3 N–H and O–H groups in total. The van der Waals surface area contributed by atoms with E-state index in [4.69, 9.17) is 4.42 Å². The van der Waals surface area contributed by atoms with Crippen molar-refractivity contribution in [3.05, 3.63) is 59.0 Å². The van der Waals surface area contributed by atoms with Crippen LogP contribution in [0.25, 0.3) is 0 Å². The van der Waals surface area contributed by atoms with Crippen LogP contribution in [-0.2, 0) is 6.42 Å². The minimum Gasteiger partial charge on any atom is -0.443 e. The summed E-state index contributed by atoms with van der Waals surface area (Å²) in [4.78, 5) is 12.4. The van der Waals surface area contributed by atoms with E-state index in [1.807, 2.05) is 24.3 Å². The first-order valence-electron chi connectivity index (χ1n) is 7.75. The summed E-state index contributed by atoms with van der Waals surface area (Å²) < 4.78 is 5.40. The number of aliphatic hydroxyl groups is 2. The van der Waals surface area contributed by atoms with E-state index in [0.29, 0.717) is 12.2 Å². The second kappa shape index (κ2) is 6.16. The van der Waals surface area contributed by atoms with Crippen molar-refractivity contribution in [2.45, 2.75) is 38.0 Å². The molecule has 0 radical (unpaired) electrons. The Hall–Kier alpha value is -2.55. The summed E-state index contributed by atoms with van der Waals surface area (Å²) in [5.41, 5.74) is 0.825. The fraction of sp³-hybridized carbons (Fsp3) is 0.316. The van der Waals surface area contributed by atoms with Gasteiger partial charge in [-0.2, -0.15) is 0 Å². The Kier molecular flexibility index (Phi) is 4.18. The van der Waals surface area contributed by atoms with Crippen LogP contribution >= 0.6 is 0 Å². The molecule has 0 saturated carbocycles. The second-order valence-electron chi connectivity index (χ2n) is 6.39. The van der Waals surface area contributed by atoms with Crippen LogP contribution in [-0.4, -0.2) is 27.8 Å². The fourth-order valence-corrected chi connectivity index (χ4v) is 2.70. The van der Waals surface area contributed by atoms with E-state index in [1.165, 1.54) is 6.07 Å². The maximum absolute atomic E-state index is 12.4. The molecule has 2 aromatic rings. The Morgan fingerprint density at radius 2 is 2.04 bits per heavy atom. The number of aliphatic hydroxyl groups excluding tert-OH is 1. The predicted octanol–water partition coefficient (Wildman–Crippen LogP) is 1.79. The third-order valence-electron chi connectivity index (χ3n) is 3.81. The number of hydrogen-bond acceptors (Lipinski definition) is 4. The van der Waals surface area contributed by atoms with Crippen molar-refractivity contribution in [2.24, 2.45) is 0 Å². The second-order valence-corrected chi connectivity index (χ2v) is 6.39. The van der Waals surface area contributed by atoms with Crippen LogP contribution in [0.1, 0.15) is 47.3 Å². The van der Waals surface area contributed by atoms with Crippen molar-refractivity contribution < 1.29 is 19.4 Å². The SMILES string of the molecule is CC(C)(O)C#Cc1ccc(C(=O)N[C@@H]2c3ccccc3C[C@@H]2O)o1. The van der Waals surface area contributed by atoms with Crippen LogP contribution in [0.15, 0.2) is 40.8 Å². The molecule has 1 aromatic heterocycles. The Bertz CT molecular complexity index is 820. The fourth-order valence-electron chi connectivity index (χ4n) is 2.70. The summed E-state index contributed by atoms with van der Waals surface area (Å²) in [6.45, 7) is 3.13. The van der Waals surface area contributed by atoms with Gasteiger partial charge in [0.1, 0.15) is 5.60 Å². The minimum absolute atomic E-state index is 0.117. The summed E-state index contributed by atoms with van der Waals surface area (Å²) in [6, 6.07) is 10.3. The van der Waals surface area contributed by atoms with Gasteiger partial charge in [0.05, 0.1) is 12.1 Å². The number of fused-ring (bicyclic) bond motifs is 1. The van der Waals surface area contributed by atoms with Gasteiger partial charge in [-0.05, 0) is 43.0 Å². The number of rotatable bonds is 2. The number of carbonyl (C=O) groups excluding carboxylic acids is 1. The van der Waals surface area contributed by atoms with Gasteiger partial charge in [-0.1, -0.05) is 30.2 Å². The molecule has 1 aromatic carbocycles. The molecule has 2 atom stereocenters. The molecule has 0 fully saturated rings. The van der Waals surface area contributed by atoms with Crippen molar-refractivity contribution in [1.29, 1.82) is 0 Å². The maximum atomic E-state index is 12.4. The summed E-state index contributed by atoms with van der Waals surface area (Å²) in [7, 11) is 0. The topological polar surface area (TPSA) is 82.7 Å². The van der Waals surface area contributed by atoms with Crippen LogP contribution in [0.3, 0.4) is 0 Å². The number of carbonyl (C=O) groups is 1. The zero-order chi connectivity index (χ0) is 17.3. The molecule has 3 rings (SSSR count). The molecule has 5 heteroatoms. The standard InChI is InChI=1S/C19H19NO4/c1-19(2,23)10-9-13-7-8-16(24-13)18(22)20-17-14-6-4-3-5-12(14)11-15(17)21/h3-8,15,17,21,23H,11H2,1-2H3,(H,20,22)/t15-,17+/m0/s1. The molecule has 124 valence electrons. The average Bonchev–Trinajstić information content (AvgIpc) is 3.10. The highest BCUT2D eigenvalue weighted by atomic mass is 16.3. The zero-order valence-electron chi connectivity index (χ0n) is 13.5. The highest BCUT2D eigenvalue weighted by molar-refractivity contribution is 5.92. The Morgan fingerprint density at radius 3 is 2.79 bits per heavy atom. The Morgan fingerprint density at radius 1 is 1.29 bits per heavy atom. The molecular formula is C19H19NO4. The molecule has 1 aliphatic rings. The number of hydrogen-bond donors (Lipinski definition) is 3. The van der Waals surface area contributed by atoms with Crippen LogP contribution in [0, 0.1) is 11.8 Å². The van der Waals surface area contributed by atoms with Crippen molar-refractivity contribution in [3.63, 3.8) is 0 Å². The average molecular weight is 325 g/mol. The molecule has 1 aliphatic carbocycles. The van der Waals surface area contributed by atoms with E-state index < -0.39 is 23.7 Å². The quantitative estimate of drug-likeness (QED) is 0.735. The minimum atomic E-state index is -1.13. The number of amides is 1. The normalized spacial score (nSPS) is 19.3. The first-order valence-corrected chi connectivity index (χ1v) is 7.75. The lowest BCUT2D eigenvalue weighted by molar-refractivity contribution is 0.0831. The van der Waals surface area contributed by atoms with Gasteiger partial charge in [0.15, 0.2) is 11.5 Å². The van der Waals surface area contributed by atoms with Crippen molar-refractivity contribution >= 4 is 5.91 Å². The third kappa shape index (κ3) is 3.51. The van der Waals surface area contributed by atoms with Gasteiger partial charge in [0, 0.05) is 6.42 Å². The lowest BCUT2D eigenvalue weighted by Crippen LogP contribution is -2.33. The third-order valence-corrected chi connectivity index (χ3v) is 3.81. The van der Waals surface area contributed by atoms with Crippen LogP contribution in [0.2, 0.25) is 0 Å². The zero-order valence-corrected chi connectivity index (χ0v) is 13.5. The summed E-state index contributed by atoms with van der Waals surface area (Å²) in [6.07, 6.45) is -0.141. The van der Waals surface area contributed by atoms with Gasteiger partial charge in [0.25, 0.3) is 5.91 Å². The first-order chi connectivity index (χ1) is 11.3. The van der Waals surface area contributed by atoms with Crippen molar-refractivity contribution in [2.75, 3.05) is 0 Å². The van der Waals surface area contributed by atoms with E-state index >= 15 is 0 Å². The highest BCUT2D eigenvalue weighted by Crippen LogP contribution is 2.31. The molecule has 0 bridgehead atoms. The number of furan rings is 1. The molecular weight excluding hydrogens is 306 g/mol. The van der Waals surface area contributed by atoms with Gasteiger partial charge in [0.2, 0.25) is 0 Å². The van der Waals surface area contributed by atoms with Crippen LogP contribution in [0.5, 0.6) is 0 Å². The number of benzene rings is 1. The largest absolute Gasteiger partial charge is 0.443 e. The van der Waals surface area contributed by atoms with E-state index in [9.17, 15) is 15.0 Å². The monoisotopic (exact) mass is 325 g/mol. The predicted molar refractivity (Wildman–Crippen MR) is 88.2 cm³/mol. The Labute approximate surface area is 140 Å². The van der Waals surface area contributed by atoms with Crippen molar-refractivity contribution in [1.82, 2.24) is 5.32 Å². The lowest BCUT2D eigenvalue weighted by Gasteiger charge is -2.17. The molecule has 0 unspecified atom stereocenters. The molecule has 1 heterocycles. The van der Waals surface area contributed by atoms with E-state index in [-0.39, 0.29) is 5.76 Å². The van der Waals surface area contributed by atoms with Crippen molar-refractivity contribution in [3.8, 4) is 11.8 Å². The summed E-state index contributed by atoms with van der Waals surface area (Å²) >= 11 is 0. The van der Waals surface area contributed by atoms with E-state index in [2.05, 4.69) is 17.2 Å². The maximum Gasteiger partial charge on any atom is 0.287 e. The Balaban J connectivity index is 1.74. The van der Waals surface area contributed by atoms with Gasteiger partial charge < -0.3 is 19.9 Å². The van der Waals surface area contributed by atoms with Gasteiger partial charge in [-0.15, -0.1) is 0 Å².